The van der Waals surface area contributed by atoms with Crippen molar-refractivity contribution in [2.24, 2.45) is 5.92 Å². The third-order valence-electron chi connectivity index (χ3n) is 5.55. The van der Waals surface area contributed by atoms with E-state index in [0.717, 1.165) is 50.6 Å². The molecule has 0 atom stereocenters. The Morgan fingerprint density at radius 2 is 1.70 bits per heavy atom. The van der Waals surface area contributed by atoms with Gasteiger partial charge in [-0.15, -0.1) is 0 Å². The smallest absolute Gasteiger partial charge is 0.274 e. The average molecular weight is 365 g/mol. The number of benzene rings is 1. The predicted octanol–water partition coefficient (Wildman–Crippen LogP) is 3.69. The highest BCUT2D eigenvalue weighted by molar-refractivity contribution is 5.92. The van der Waals surface area contributed by atoms with Gasteiger partial charge in [-0.1, -0.05) is 6.92 Å². The Hall–Kier alpha value is -2.63. The van der Waals surface area contributed by atoms with E-state index >= 15 is 0 Å². The summed E-state index contributed by atoms with van der Waals surface area (Å²) in [7, 11) is 0. The molecule has 2 aliphatic rings. The van der Waals surface area contributed by atoms with Crippen molar-refractivity contribution >= 4 is 23.1 Å². The fraction of sp³-hybridized carbons (Fsp3) is 0.476. The summed E-state index contributed by atoms with van der Waals surface area (Å²) in [6, 6.07) is 8.44. The molecule has 0 radical (unpaired) electrons. The number of rotatable bonds is 4. The van der Waals surface area contributed by atoms with Crippen LogP contribution in [0.5, 0.6) is 0 Å². The number of nitrogens with one attached hydrogen (secondary N) is 1. The lowest BCUT2D eigenvalue weighted by atomic mass is 9.99. The van der Waals surface area contributed by atoms with Crippen molar-refractivity contribution in [3.63, 3.8) is 0 Å². The molecule has 1 amide bonds. The van der Waals surface area contributed by atoms with Gasteiger partial charge in [-0.3, -0.25) is 4.79 Å². The molecule has 0 spiro atoms. The Balaban J connectivity index is 1.36. The van der Waals surface area contributed by atoms with Gasteiger partial charge >= 0.3 is 0 Å². The van der Waals surface area contributed by atoms with Crippen molar-refractivity contribution in [1.82, 2.24) is 14.9 Å². The third kappa shape index (κ3) is 4.21. The van der Waals surface area contributed by atoms with E-state index in [1.807, 2.05) is 4.90 Å². The van der Waals surface area contributed by atoms with Crippen LogP contribution in [-0.4, -0.2) is 47.0 Å². The van der Waals surface area contributed by atoms with Gasteiger partial charge in [0.1, 0.15) is 11.5 Å². The molecule has 142 valence electrons. The Morgan fingerprint density at radius 3 is 2.33 bits per heavy atom. The molecule has 0 aliphatic carbocycles. The first-order valence-electron chi connectivity index (χ1n) is 9.92. The van der Waals surface area contributed by atoms with Crippen LogP contribution in [0.25, 0.3) is 0 Å². The van der Waals surface area contributed by atoms with Gasteiger partial charge in [-0.2, -0.15) is 0 Å². The van der Waals surface area contributed by atoms with Crippen LogP contribution in [0.2, 0.25) is 0 Å². The van der Waals surface area contributed by atoms with Gasteiger partial charge in [-0.25, -0.2) is 9.97 Å². The summed E-state index contributed by atoms with van der Waals surface area (Å²) in [4.78, 5) is 25.3. The Morgan fingerprint density at radius 1 is 1.00 bits per heavy atom. The van der Waals surface area contributed by atoms with Crippen molar-refractivity contribution in [3.05, 3.63) is 42.4 Å². The maximum Gasteiger partial charge on any atom is 0.274 e. The Labute approximate surface area is 160 Å². The normalized spacial score (nSPS) is 18.0. The van der Waals surface area contributed by atoms with Crippen molar-refractivity contribution in [3.8, 4) is 0 Å². The van der Waals surface area contributed by atoms with E-state index in [4.69, 9.17) is 0 Å². The summed E-state index contributed by atoms with van der Waals surface area (Å²) < 4.78 is 0. The van der Waals surface area contributed by atoms with Crippen LogP contribution in [0, 0.1) is 5.92 Å². The first-order valence-corrected chi connectivity index (χ1v) is 9.92. The molecule has 1 aromatic heterocycles. The summed E-state index contributed by atoms with van der Waals surface area (Å²) >= 11 is 0. The zero-order chi connectivity index (χ0) is 18.6. The quantitative estimate of drug-likeness (QED) is 0.895. The Bertz CT molecular complexity index is 760. The number of amides is 1. The van der Waals surface area contributed by atoms with Crippen LogP contribution in [0.4, 0.5) is 17.2 Å². The van der Waals surface area contributed by atoms with E-state index < -0.39 is 0 Å². The molecule has 6 heteroatoms. The molecule has 27 heavy (non-hydrogen) atoms. The second-order valence-electron chi connectivity index (χ2n) is 7.63. The number of piperidine rings is 1. The van der Waals surface area contributed by atoms with Gasteiger partial charge in [0.25, 0.3) is 5.91 Å². The topological polar surface area (TPSA) is 61.4 Å². The predicted molar refractivity (Wildman–Crippen MR) is 108 cm³/mol. The van der Waals surface area contributed by atoms with E-state index in [1.54, 1.807) is 12.4 Å². The standard InChI is InChI=1S/C21H27N5O/c1-16-8-12-25(13-9-16)18-6-4-17(5-7-18)24-20-15-22-19(14-23-20)21(27)26-10-2-3-11-26/h4-7,14-16H,2-3,8-13H2,1H3,(H,23,24). The molecule has 2 aliphatic heterocycles. The fourth-order valence-corrected chi connectivity index (χ4v) is 3.76. The first-order chi connectivity index (χ1) is 13.2. The minimum atomic E-state index is -0.0215. The van der Waals surface area contributed by atoms with Crippen molar-refractivity contribution in [2.45, 2.75) is 32.6 Å². The number of hydrogen-bond donors (Lipinski definition) is 1. The number of carbonyl (C=O) groups is 1. The van der Waals surface area contributed by atoms with Gasteiger partial charge in [0.05, 0.1) is 12.4 Å². The van der Waals surface area contributed by atoms with Crippen LogP contribution in [-0.2, 0) is 0 Å². The molecular weight excluding hydrogens is 338 g/mol. The molecule has 2 fully saturated rings. The number of carbonyl (C=O) groups excluding carboxylic acids is 1. The second-order valence-corrected chi connectivity index (χ2v) is 7.63. The van der Waals surface area contributed by atoms with E-state index in [2.05, 4.69) is 51.4 Å². The number of likely N-dealkylation sites (tertiary alicyclic amines) is 1. The number of nitrogens with zero attached hydrogens (tertiary/aromatic N) is 4. The second kappa shape index (κ2) is 7.94. The summed E-state index contributed by atoms with van der Waals surface area (Å²) in [5.74, 6) is 1.46. The highest BCUT2D eigenvalue weighted by Gasteiger charge is 2.20. The minimum absolute atomic E-state index is 0.0215. The first kappa shape index (κ1) is 17.8. The molecule has 0 saturated carbocycles. The van der Waals surface area contributed by atoms with Gasteiger partial charge < -0.3 is 15.1 Å². The molecule has 2 saturated heterocycles. The Kier molecular flexibility index (Phi) is 5.23. The lowest BCUT2D eigenvalue weighted by molar-refractivity contribution is 0.0786. The highest BCUT2D eigenvalue weighted by Crippen LogP contribution is 2.25. The van der Waals surface area contributed by atoms with E-state index in [-0.39, 0.29) is 5.91 Å². The zero-order valence-electron chi connectivity index (χ0n) is 15.9. The van der Waals surface area contributed by atoms with Crippen LogP contribution >= 0.6 is 0 Å². The van der Waals surface area contributed by atoms with Crippen LogP contribution in [0.15, 0.2) is 36.7 Å². The molecule has 0 bridgehead atoms. The van der Waals surface area contributed by atoms with E-state index in [1.165, 1.54) is 18.5 Å². The minimum Gasteiger partial charge on any atom is -0.372 e. The third-order valence-corrected chi connectivity index (χ3v) is 5.55. The maximum absolute atomic E-state index is 12.3. The van der Waals surface area contributed by atoms with Gasteiger partial charge in [0, 0.05) is 37.6 Å². The largest absolute Gasteiger partial charge is 0.372 e. The lowest BCUT2D eigenvalue weighted by Gasteiger charge is -2.32. The summed E-state index contributed by atoms with van der Waals surface area (Å²) in [5.41, 5.74) is 2.65. The zero-order valence-corrected chi connectivity index (χ0v) is 15.9. The average Bonchev–Trinajstić information content (AvgIpc) is 3.24. The number of aromatic nitrogens is 2. The fourth-order valence-electron chi connectivity index (χ4n) is 3.76. The molecular formula is C21H27N5O. The van der Waals surface area contributed by atoms with Crippen molar-refractivity contribution in [2.75, 3.05) is 36.4 Å². The number of anilines is 3. The molecule has 1 N–H and O–H groups in total. The van der Waals surface area contributed by atoms with Crippen LogP contribution in [0.1, 0.15) is 43.1 Å². The van der Waals surface area contributed by atoms with Crippen LogP contribution in [0.3, 0.4) is 0 Å². The SMILES string of the molecule is CC1CCN(c2ccc(Nc3cnc(C(=O)N4CCCC4)cn3)cc2)CC1. The molecule has 2 aromatic rings. The molecule has 4 rings (SSSR count). The van der Waals surface area contributed by atoms with Crippen LogP contribution < -0.4 is 10.2 Å². The summed E-state index contributed by atoms with van der Waals surface area (Å²) in [6.45, 7) is 6.23. The monoisotopic (exact) mass is 365 g/mol. The molecule has 6 nitrogen and oxygen atoms in total. The lowest BCUT2D eigenvalue weighted by Crippen LogP contribution is -2.32. The maximum atomic E-state index is 12.3. The van der Waals surface area contributed by atoms with Gasteiger partial charge in [0.2, 0.25) is 0 Å². The summed E-state index contributed by atoms with van der Waals surface area (Å²) in [5, 5.41) is 3.26. The van der Waals surface area contributed by atoms with E-state index in [0.29, 0.717) is 11.5 Å². The molecule has 0 unspecified atom stereocenters. The molecule has 1 aromatic carbocycles. The van der Waals surface area contributed by atoms with Crippen molar-refractivity contribution < 1.29 is 4.79 Å². The summed E-state index contributed by atoms with van der Waals surface area (Å²) in [6.07, 6.45) is 7.86. The van der Waals surface area contributed by atoms with Gasteiger partial charge in [0.15, 0.2) is 0 Å². The van der Waals surface area contributed by atoms with Gasteiger partial charge in [-0.05, 0) is 55.9 Å². The van der Waals surface area contributed by atoms with Crippen molar-refractivity contribution in [1.29, 1.82) is 0 Å². The number of hydrogen-bond acceptors (Lipinski definition) is 5. The highest BCUT2D eigenvalue weighted by atomic mass is 16.2. The molecule has 3 heterocycles. The van der Waals surface area contributed by atoms with E-state index in [9.17, 15) is 4.79 Å².